The highest BCUT2D eigenvalue weighted by Gasteiger charge is 2.24. The lowest BCUT2D eigenvalue weighted by molar-refractivity contribution is -0.118. The number of rotatable bonds is 12. The van der Waals surface area contributed by atoms with Crippen molar-refractivity contribution in [2.75, 3.05) is 31.4 Å². The second-order valence-electron chi connectivity index (χ2n) is 8.51. The SMILES string of the molecule is CCCCCC(=O)N(CCc1ccc(OC)c(OC)c1)c1c(N)n(Cc2ccccc2)c(=O)[nH]c1=O. The highest BCUT2D eigenvalue weighted by Crippen LogP contribution is 2.28. The first-order chi connectivity index (χ1) is 17.4. The molecule has 0 fully saturated rings. The van der Waals surface area contributed by atoms with Crippen LogP contribution in [0.2, 0.25) is 0 Å². The lowest BCUT2D eigenvalue weighted by Gasteiger charge is -2.25. The first-order valence-corrected chi connectivity index (χ1v) is 12.1. The van der Waals surface area contributed by atoms with Crippen LogP contribution >= 0.6 is 0 Å². The van der Waals surface area contributed by atoms with Gasteiger partial charge in [-0.1, -0.05) is 56.2 Å². The van der Waals surface area contributed by atoms with Gasteiger partial charge in [-0.05, 0) is 36.1 Å². The van der Waals surface area contributed by atoms with Crippen molar-refractivity contribution in [2.45, 2.75) is 45.6 Å². The van der Waals surface area contributed by atoms with Crippen LogP contribution < -0.4 is 31.4 Å². The minimum atomic E-state index is -0.682. The number of nitrogen functional groups attached to an aromatic ring is 1. The monoisotopic (exact) mass is 494 g/mol. The normalized spacial score (nSPS) is 10.8. The number of hydrogen-bond donors (Lipinski definition) is 2. The van der Waals surface area contributed by atoms with Gasteiger partial charge in [0.2, 0.25) is 5.91 Å². The van der Waals surface area contributed by atoms with Crippen LogP contribution in [0, 0.1) is 0 Å². The maximum absolute atomic E-state index is 13.3. The maximum Gasteiger partial charge on any atom is 0.330 e. The number of carbonyl (C=O) groups excluding carboxylic acids is 1. The van der Waals surface area contributed by atoms with Crippen molar-refractivity contribution in [3.63, 3.8) is 0 Å². The van der Waals surface area contributed by atoms with Crippen molar-refractivity contribution in [3.05, 3.63) is 80.5 Å². The van der Waals surface area contributed by atoms with Gasteiger partial charge in [-0.25, -0.2) is 4.79 Å². The predicted octanol–water partition coefficient (Wildman–Crippen LogP) is 3.34. The Kier molecular flexibility index (Phi) is 9.32. The van der Waals surface area contributed by atoms with Gasteiger partial charge in [0.15, 0.2) is 17.2 Å². The van der Waals surface area contributed by atoms with Gasteiger partial charge in [0, 0.05) is 13.0 Å². The Bertz CT molecular complexity index is 1280. The summed E-state index contributed by atoms with van der Waals surface area (Å²) in [6, 6.07) is 14.8. The quantitative estimate of drug-likeness (QED) is 0.373. The Morgan fingerprint density at radius 2 is 1.72 bits per heavy atom. The largest absolute Gasteiger partial charge is 0.493 e. The summed E-state index contributed by atoms with van der Waals surface area (Å²) in [6.07, 6.45) is 3.27. The molecule has 0 aliphatic carbocycles. The van der Waals surface area contributed by atoms with Crippen LogP contribution in [-0.4, -0.2) is 36.2 Å². The molecule has 0 saturated heterocycles. The molecule has 0 radical (unpaired) electrons. The molecule has 0 bridgehead atoms. The third-order valence-corrected chi connectivity index (χ3v) is 6.03. The number of nitrogens with two attached hydrogens (primary N) is 1. The van der Waals surface area contributed by atoms with Crippen LogP contribution in [0.5, 0.6) is 11.5 Å². The number of hydrogen-bond acceptors (Lipinski definition) is 6. The number of H-pyrrole nitrogens is 1. The average molecular weight is 495 g/mol. The molecule has 0 spiro atoms. The number of nitrogens with zero attached hydrogens (tertiary/aromatic N) is 2. The first kappa shape index (κ1) is 26.6. The molecule has 9 nitrogen and oxygen atoms in total. The lowest BCUT2D eigenvalue weighted by atomic mass is 10.1. The van der Waals surface area contributed by atoms with Crippen LogP contribution in [0.15, 0.2) is 58.1 Å². The molecule has 0 unspecified atom stereocenters. The molecule has 3 N–H and O–H groups in total. The van der Waals surface area contributed by atoms with E-state index in [1.54, 1.807) is 20.3 Å². The van der Waals surface area contributed by atoms with Gasteiger partial charge in [-0.15, -0.1) is 0 Å². The van der Waals surface area contributed by atoms with Crippen LogP contribution in [0.3, 0.4) is 0 Å². The zero-order valence-electron chi connectivity index (χ0n) is 21.1. The number of carbonyl (C=O) groups is 1. The summed E-state index contributed by atoms with van der Waals surface area (Å²) in [6.45, 7) is 2.43. The number of anilines is 2. The van der Waals surface area contributed by atoms with Crippen molar-refractivity contribution in [1.29, 1.82) is 0 Å². The predicted molar refractivity (Wildman–Crippen MR) is 141 cm³/mol. The standard InChI is InChI=1S/C27H34N4O5/c1-4-5-7-12-23(32)30(16-15-19-13-14-21(35-2)22(17-19)36-3)24-25(28)31(27(34)29-26(24)33)18-20-10-8-6-9-11-20/h6,8-11,13-14,17H,4-5,7,12,15-16,18,28H2,1-3H3,(H,29,33,34). The van der Waals surface area contributed by atoms with Gasteiger partial charge in [0.05, 0.1) is 20.8 Å². The van der Waals surface area contributed by atoms with E-state index in [1.807, 2.05) is 42.5 Å². The Morgan fingerprint density at radius 1 is 1.00 bits per heavy atom. The van der Waals surface area contributed by atoms with Gasteiger partial charge in [0.25, 0.3) is 5.56 Å². The fraction of sp³-hybridized carbons (Fsp3) is 0.370. The average Bonchev–Trinajstić information content (AvgIpc) is 2.88. The molecule has 1 aromatic heterocycles. The van der Waals surface area contributed by atoms with E-state index in [0.717, 1.165) is 24.0 Å². The molecule has 1 amide bonds. The second kappa shape index (κ2) is 12.6. The fourth-order valence-corrected chi connectivity index (χ4v) is 4.06. The first-order valence-electron chi connectivity index (χ1n) is 12.1. The van der Waals surface area contributed by atoms with Crippen molar-refractivity contribution >= 4 is 17.4 Å². The van der Waals surface area contributed by atoms with E-state index in [0.29, 0.717) is 24.3 Å². The number of unbranched alkanes of at least 4 members (excludes halogenated alkanes) is 2. The maximum atomic E-state index is 13.3. The molecule has 2 aromatic carbocycles. The molecule has 0 saturated carbocycles. The summed E-state index contributed by atoms with van der Waals surface area (Å²) in [5.74, 6) is 0.918. The van der Waals surface area contributed by atoms with Gasteiger partial charge < -0.3 is 20.1 Å². The van der Waals surface area contributed by atoms with Gasteiger partial charge in [0.1, 0.15) is 5.82 Å². The summed E-state index contributed by atoms with van der Waals surface area (Å²) in [4.78, 5) is 42.6. The van der Waals surface area contributed by atoms with Crippen molar-refractivity contribution in [3.8, 4) is 11.5 Å². The molecular formula is C27H34N4O5. The molecular weight excluding hydrogens is 460 g/mol. The third kappa shape index (κ3) is 6.35. The highest BCUT2D eigenvalue weighted by molar-refractivity contribution is 5.95. The van der Waals surface area contributed by atoms with Crippen LogP contribution in [-0.2, 0) is 17.8 Å². The molecule has 192 valence electrons. The molecule has 3 aromatic rings. The van der Waals surface area contributed by atoms with E-state index in [9.17, 15) is 14.4 Å². The molecule has 3 rings (SSSR count). The van der Waals surface area contributed by atoms with E-state index in [2.05, 4.69) is 11.9 Å². The topological polar surface area (TPSA) is 120 Å². The summed E-state index contributed by atoms with van der Waals surface area (Å²) >= 11 is 0. The van der Waals surface area contributed by atoms with Gasteiger partial charge in [-0.3, -0.25) is 19.1 Å². The number of benzene rings is 2. The second-order valence-corrected chi connectivity index (χ2v) is 8.51. The van der Waals surface area contributed by atoms with Gasteiger partial charge in [-0.2, -0.15) is 0 Å². The Balaban J connectivity index is 1.98. The summed E-state index contributed by atoms with van der Waals surface area (Å²) in [7, 11) is 3.12. The fourth-order valence-electron chi connectivity index (χ4n) is 4.06. The number of amides is 1. The minimum absolute atomic E-state index is 0.00694. The number of ether oxygens (including phenoxy) is 2. The molecule has 0 aliphatic rings. The molecule has 1 heterocycles. The highest BCUT2D eigenvalue weighted by atomic mass is 16.5. The van der Waals surface area contributed by atoms with E-state index >= 15 is 0 Å². The number of methoxy groups -OCH3 is 2. The molecule has 0 atom stereocenters. The minimum Gasteiger partial charge on any atom is -0.493 e. The van der Waals surface area contributed by atoms with Crippen LogP contribution in [0.1, 0.15) is 43.7 Å². The lowest BCUT2D eigenvalue weighted by Crippen LogP contribution is -2.42. The summed E-state index contributed by atoms with van der Waals surface area (Å²) < 4.78 is 12.0. The zero-order chi connectivity index (χ0) is 26.1. The Labute approximate surface area is 210 Å². The van der Waals surface area contributed by atoms with E-state index in [-0.39, 0.29) is 36.9 Å². The summed E-state index contributed by atoms with van der Waals surface area (Å²) in [5, 5.41) is 0. The van der Waals surface area contributed by atoms with Crippen LogP contribution in [0.4, 0.5) is 11.5 Å². The Hall–Kier alpha value is -4.01. The van der Waals surface area contributed by atoms with Gasteiger partial charge >= 0.3 is 5.69 Å². The molecule has 9 heteroatoms. The Morgan fingerprint density at radius 3 is 2.39 bits per heavy atom. The zero-order valence-corrected chi connectivity index (χ0v) is 21.1. The number of aromatic nitrogens is 2. The van der Waals surface area contributed by atoms with Crippen LogP contribution in [0.25, 0.3) is 0 Å². The van der Waals surface area contributed by atoms with E-state index in [4.69, 9.17) is 15.2 Å². The summed E-state index contributed by atoms with van der Waals surface area (Å²) in [5.41, 5.74) is 6.82. The van der Waals surface area contributed by atoms with Crippen molar-refractivity contribution in [2.24, 2.45) is 0 Å². The van der Waals surface area contributed by atoms with Crippen molar-refractivity contribution < 1.29 is 14.3 Å². The molecule has 36 heavy (non-hydrogen) atoms. The van der Waals surface area contributed by atoms with E-state index in [1.165, 1.54) is 9.47 Å². The molecule has 0 aliphatic heterocycles. The smallest absolute Gasteiger partial charge is 0.330 e. The number of aromatic amines is 1. The third-order valence-electron chi connectivity index (χ3n) is 6.03. The van der Waals surface area contributed by atoms with Crippen molar-refractivity contribution in [1.82, 2.24) is 9.55 Å². The van der Waals surface area contributed by atoms with E-state index < -0.39 is 11.2 Å². The number of nitrogens with one attached hydrogen (secondary N) is 1.